The van der Waals surface area contributed by atoms with Crippen LogP contribution in [0, 0.1) is 0 Å². The second-order valence-corrected chi connectivity index (χ2v) is 7.56. The highest BCUT2D eigenvalue weighted by Crippen LogP contribution is 2.60. The first-order valence-electron chi connectivity index (χ1n) is 8.03. The molecular formula is C15H16F13I. The maximum atomic E-state index is 13.6. The normalized spacial score (nSPS) is 15.8. The molecule has 0 saturated carbocycles. The predicted molar refractivity (Wildman–Crippen MR) is 86.3 cm³/mol. The van der Waals surface area contributed by atoms with Crippen molar-refractivity contribution < 1.29 is 57.1 Å². The molecule has 0 amide bonds. The number of hydrogen-bond acceptors (Lipinski definition) is 0. The predicted octanol–water partition coefficient (Wildman–Crippen LogP) is 8.40. The fourth-order valence-electron chi connectivity index (χ4n) is 2.04. The Morgan fingerprint density at radius 1 is 0.621 bits per heavy atom. The van der Waals surface area contributed by atoms with Crippen LogP contribution in [0.2, 0.25) is 0 Å². The SMILES string of the molecule is CCCCCCCC(I)=CC(F)(F)C(F)(F)C(F)(F)C(F)(F)C(F)(F)C(F)(F)F. The molecule has 0 aromatic carbocycles. The van der Waals surface area contributed by atoms with Gasteiger partial charge in [0.2, 0.25) is 0 Å². The zero-order valence-corrected chi connectivity index (χ0v) is 16.8. The lowest BCUT2D eigenvalue weighted by molar-refractivity contribution is -0.436. The Labute approximate surface area is 171 Å². The number of alkyl halides is 13. The van der Waals surface area contributed by atoms with Gasteiger partial charge in [-0.15, -0.1) is 0 Å². The monoisotopic (exact) mass is 570 g/mol. The van der Waals surface area contributed by atoms with E-state index in [1.165, 1.54) is 0 Å². The Morgan fingerprint density at radius 2 is 1.03 bits per heavy atom. The van der Waals surface area contributed by atoms with E-state index in [0.29, 0.717) is 12.8 Å². The summed E-state index contributed by atoms with van der Waals surface area (Å²) in [6, 6.07) is 0. The molecule has 29 heavy (non-hydrogen) atoms. The molecule has 0 aliphatic carbocycles. The Balaban J connectivity index is 5.78. The Kier molecular flexibility index (Phi) is 9.22. The van der Waals surface area contributed by atoms with Crippen molar-refractivity contribution in [3.63, 3.8) is 0 Å². The molecule has 0 aliphatic heterocycles. The third-order valence-electron chi connectivity index (χ3n) is 3.81. The summed E-state index contributed by atoms with van der Waals surface area (Å²) in [6.07, 6.45) is -5.75. The van der Waals surface area contributed by atoms with Gasteiger partial charge in [-0.1, -0.05) is 32.6 Å². The van der Waals surface area contributed by atoms with Gasteiger partial charge in [0.25, 0.3) is 0 Å². The van der Waals surface area contributed by atoms with Crippen molar-refractivity contribution in [2.45, 2.75) is 81.2 Å². The smallest absolute Gasteiger partial charge is 0.195 e. The van der Waals surface area contributed by atoms with Gasteiger partial charge < -0.3 is 0 Å². The van der Waals surface area contributed by atoms with Gasteiger partial charge in [0, 0.05) is 6.08 Å². The van der Waals surface area contributed by atoms with Crippen LogP contribution in [0.1, 0.15) is 45.4 Å². The average molecular weight is 570 g/mol. The summed E-state index contributed by atoms with van der Waals surface area (Å²) in [5.74, 6) is -36.7. The van der Waals surface area contributed by atoms with Crippen LogP contribution in [0.3, 0.4) is 0 Å². The first-order chi connectivity index (χ1) is 12.7. The number of unbranched alkanes of at least 4 members (excludes halogenated alkanes) is 4. The fourth-order valence-corrected chi connectivity index (χ4v) is 2.81. The Bertz CT molecular complexity index is 563. The fraction of sp³-hybridized carbons (Fsp3) is 0.867. The van der Waals surface area contributed by atoms with E-state index in [-0.39, 0.29) is 12.8 Å². The van der Waals surface area contributed by atoms with Crippen LogP contribution in [-0.2, 0) is 0 Å². The van der Waals surface area contributed by atoms with E-state index < -0.39 is 45.4 Å². The zero-order valence-electron chi connectivity index (χ0n) is 14.6. The highest BCUT2D eigenvalue weighted by molar-refractivity contribution is 14.1. The molecule has 0 saturated heterocycles. The average Bonchev–Trinajstić information content (AvgIpc) is 2.52. The van der Waals surface area contributed by atoms with Crippen molar-refractivity contribution in [1.29, 1.82) is 0 Å². The van der Waals surface area contributed by atoms with Crippen molar-refractivity contribution in [3.8, 4) is 0 Å². The molecule has 174 valence electrons. The van der Waals surface area contributed by atoms with Gasteiger partial charge in [-0.05, 0) is 39.0 Å². The Hall–Kier alpha value is -0.440. The summed E-state index contributed by atoms with van der Waals surface area (Å²) in [5, 5.41) is 0. The maximum absolute atomic E-state index is 13.6. The first kappa shape index (κ1) is 28.6. The topological polar surface area (TPSA) is 0 Å². The summed E-state index contributed by atoms with van der Waals surface area (Å²) >= 11 is 1.03. The van der Waals surface area contributed by atoms with E-state index >= 15 is 0 Å². The van der Waals surface area contributed by atoms with Crippen molar-refractivity contribution in [2.75, 3.05) is 0 Å². The largest absolute Gasteiger partial charge is 0.460 e. The minimum atomic E-state index is -7.86. The van der Waals surface area contributed by atoms with E-state index in [4.69, 9.17) is 0 Å². The second kappa shape index (κ2) is 9.37. The summed E-state index contributed by atoms with van der Waals surface area (Å²) in [7, 11) is 0. The lowest BCUT2D eigenvalue weighted by Gasteiger charge is -2.39. The molecule has 0 unspecified atom stereocenters. The van der Waals surface area contributed by atoms with E-state index in [2.05, 4.69) is 0 Å². The molecule has 0 aromatic heterocycles. The van der Waals surface area contributed by atoms with Crippen molar-refractivity contribution in [2.24, 2.45) is 0 Å². The van der Waals surface area contributed by atoms with E-state index in [0.717, 1.165) is 35.4 Å². The van der Waals surface area contributed by atoms with Crippen molar-refractivity contribution in [1.82, 2.24) is 0 Å². The minimum Gasteiger partial charge on any atom is -0.195 e. The summed E-state index contributed by atoms with van der Waals surface area (Å²) < 4.78 is 168. The molecule has 0 heterocycles. The summed E-state index contributed by atoms with van der Waals surface area (Å²) in [5.41, 5.74) is 0. The van der Waals surface area contributed by atoms with Crippen LogP contribution in [0.15, 0.2) is 9.66 Å². The Morgan fingerprint density at radius 3 is 1.45 bits per heavy atom. The molecular weight excluding hydrogens is 554 g/mol. The van der Waals surface area contributed by atoms with Gasteiger partial charge in [-0.3, -0.25) is 0 Å². The van der Waals surface area contributed by atoms with Gasteiger partial charge in [0.05, 0.1) is 0 Å². The van der Waals surface area contributed by atoms with E-state index in [9.17, 15) is 57.1 Å². The summed E-state index contributed by atoms with van der Waals surface area (Å²) in [4.78, 5) is 0. The highest BCUT2D eigenvalue weighted by Gasteiger charge is 2.90. The van der Waals surface area contributed by atoms with Gasteiger partial charge in [0.15, 0.2) is 0 Å². The summed E-state index contributed by atoms with van der Waals surface area (Å²) in [6.45, 7) is 1.85. The molecule has 0 rings (SSSR count). The highest BCUT2D eigenvalue weighted by atomic mass is 127. The number of hydrogen-bond donors (Lipinski definition) is 0. The number of allylic oxidation sites excluding steroid dienone is 2. The molecule has 0 nitrogen and oxygen atoms in total. The second-order valence-electron chi connectivity index (χ2n) is 6.17. The minimum absolute atomic E-state index is 0.148. The first-order valence-corrected chi connectivity index (χ1v) is 9.11. The van der Waals surface area contributed by atoms with Gasteiger partial charge in [-0.2, -0.15) is 57.1 Å². The molecule has 14 heteroatoms. The molecule has 0 bridgehead atoms. The van der Waals surface area contributed by atoms with Gasteiger partial charge in [0.1, 0.15) is 0 Å². The maximum Gasteiger partial charge on any atom is 0.460 e. The molecule has 0 N–H and O–H groups in total. The molecule has 0 fully saturated rings. The van der Waals surface area contributed by atoms with Crippen LogP contribution < -0.4 is 0 Å². The third-order valence-corrected chi connectivity index (χ3v) is 4.67. The third kappa shape index (κ3) is 5.63. The van der Waals surface area contributed by atoms with Gasteiger partial charge in [-0.25, -0.2) is 0 Å². The number of rotatable bonds is 11. The van der Waals surface area contributed by atoms with Crippen molar-refractivity contribution in [3.05, 3.63) is 9.66 Å². The quantitative estimate of drug-likeness (QED) is 0.133. The van der Waals surface area contributed by atoms with E-state index in [1.54, 1.807) is 0 Å². The molecule has 0 aromatic rings. The lowest BCUT2D eigenvalue weighted by atomic mass is 9.93. The lowest BCUT2D eigenvalue weighted by Crippen LogP contribution is -2.69. The number of halogens is 14. The van der Waals surface area contributed by atoms with E-state index in [1.807, 2.05) is 6.92 Å². The van der Waals surface area contributed by atoms with Crippen LogP contribution in [-0.4, -0.2) is 35.8 Å². The van der Waals surface area contributed by atoms with Crippen LogP contribution in [0.25, 0.3) is 0 Å². The zero-order chi connectivity index (χ0) is 23.5. The molecule has 0 radical (unpaired) electrons. The molecule has 0 aliphatic rings. The molecule has 0 atom stereocenters. The van der Waals surface area contributed by atoms with Crippen LogP contribution >= 0.6 is 22.6 Å². The molecule has 0 spiro atoms. The van der Waals surface area contributed by atoms with Crippen LogP contribution in [0.5, 0.6) is 0 Å². The standard InChI is InChI=1S/C15H16F13I/c1-2-3-4-5-6-7-9(29)8-10(16,17)11(18,19)12(20,21)13(22,23)14(24,25)15(26,27)28/h8H,2-7H2,1H3. The van der Waals surface area contributed by atoms with Gasteiger partial charge >= 0.3 is 35.8 Å². The van der Waals surface area contributed by atoms with Crippen LogP contribution in [0.4, 0.5) is 57.1 Å². The van der Waals surface area contributed by atoms with Crippen molar-refractivity contribution >= 4 is 22.6 Å².